The number of carbonyl (C=O) groups excluding carboxylic acids is 2. The molecule has 1 aromatic carbocycles. The van der Waals surface area contributed by atoms with Crippen molar-refractivity contribution in [1.82, 2.24) is 10.2 Å². The number of piperidine rings is 1. The Morgan fingerprint density at radius 1 is 1.03 bits per heavy atom. The van der Waals surface area contributed by atoms with E-state index in [9.17, 15) is 35.9 Å². The number of hydrogen-bond acceptors (Lipinski definition) is 3. The predicted molar refractivity (Wildman–Crippen MR) is 106 cm³/mol. The van der Waals surface area contributed by atoms with Crippen molar-refractivity contribution in [2.24, 2.45) is 5.92 Å². The molecule has 11 heteroatoms. The second kappa shape index (κ2) is 9.72. The number of rotatable bonds is 5. The highest BCUT2D eigenvalue weighted by Crippen LogP contribution is 2.36. The maximum atomic E-state index is 13.0. The van der Waals surface area contributed by atoms with Gasteiger partial charge in [0.05, 0.1) is 17.4 Å². The van der Waals surface area contributed by atoms with Crippen LogP contribution in [0.5, 0.6) is 0 Å². The van der Waals surface area contributed by atoms with Gasteiger partial charge in [0.1, 0.15) is 5.76 Å². The van der Waals surface area contributed by atoms with Crippen LogP contribution in [0.4, 0.5) is 26.3 Å². The van der Waals surface area contributed by atoms with Crippen LogP contribution in [0, 0.1) is 5.92 Å². The molecule has 3 rings (SSSR count). The number of likely N-dealkylation sites (tertiary alicyclic amines) is 1. The molecule has 1 fully saturated rings. The SMILES string of the molecule is O=C(NCC1CCN(C(=O)/C=C/c2ccco2)CC1)c1cc(C(F)(F)F)cc(C(F)(F)F)c1. The highest BCUT2D eigenvalue weighted by atomic mass is 19.4. The highest BCUT2D eigenvalue weighted by Gasteiger charge is 2.37. The van der Waals surface area contributed by atoms with Crippen LogP contribution in [0.1, 0.15) is 40.1 Å². The summed E-state index contributed by atoms with van der Waals surface area (Å²) in [6.45, 7) is 0.883. The van der Waals surface area contributed by atoms with E-state index in [0.717, 1.165) is 0 Å². The lowest BCUT2D eigenvalue weighted by atomic mass is 9.96. The Labute approximate surface area is 185 Å². The first kappa shape index (κ1) is 24.4. The van der Waals surface area contributed by atoms with Crippen LogP contribution in [0.3, 0.4) is 0 Å². The summed E-state index contributed by atoms with van der Waals surface area (Å²) in [5, 5.41) is 2.41. The van der Waals surface area contributed by atoms with E-state index in [-0.39, 0.29) is 24.4 Å². The van der Waals surface area contributed by atoms with E-state index in [1.54, 1.807) is 23.1 Å². The predicted octanol–water partition coefficient (Wildman–Crippen LogP) is 5.00. The first-order valence-electron chi connectivity index (χ1n) is 10.0. The van der Waals surface area contributed by atoms with Crippen molar-refractivity contribution in [3.05, 3.63) is 65.1 Å². The first-order chi connectivity index (χ1) is 15.4. The van der Waals surface area contributed by atoms with Gasteiger partial charge in [-0.25, -0.2) is 0 Å². The molecule has 0 unspecified atom stereocenters. The summed E-state index contributed by atoms with van der Waals surface area (Å²) in [5.74, 6) is -0.770. The monoisotopic (exact) mass is 474 g/mol. The van der Waals surface area contributed by atoms with Crippen molar-refractivity contribution < 1.29 is 40.3 Å². The molecule has 178 valence electrons. The molecule has 2 heterocycles. The number of hydrogen-bond donors (Lipinski definition) is 1. The molecule has 0 radical (unpaired) electrons. The van der Waals surface area contributed by atoms with Gasteiger partial charge in [0.25, 0.3) is 5.91 Å². The summed E-state index contributed by atoms with van der Waals surface area (Å²) in [7, 11) is 0. The van der Waals surface area contributed by atoms with Crippen molar-refractivity contribution in [1.29, 1.82) is 0 Å². The molecule has 2 amide bonds. The summed E-state index contributed by atoms with van der Waals surface area (Å²) >= 11 is 0. The second-order valence-electron chi connectivity index (χ2n) is 7.62. The molecular formula is C22H20F6N2O3. The van der Waals surface area contributed by atoms with Gasteiger partial charge in [-0.05, 0) is 55.2 Å². The molecule has 5 nitrogen and oxygen atoms in total. The molecule has 1 aliphatic rings. The minimum Gasteiger partial charge on any atom is -0.465 e. The van der Waals surface area contributed by atoms with Crippen LogP contribution in [-0.4, -0.2) is 36.3 Å². The molecule has 0 spiro atoms. The average molecular weight is 474 g/mol. The van der Waals surface area contributed by atoms with Gasteiger partial charge in [0, 0.05) is 31.3 Å². The van der Waals surface area contributed by atoms with E-state index in [2.05, 4.69) is 5.32 Å². The third kappa shape index (κ3) is 6.62. The fraction of sp³-hybridized carbons (Fsp3) is 0.364. The van der Waals surface area contributed by atoms with E-state index in [4.69, 9.17) is 4.42 Å². The third-order valence-electron chi connectivity index (χ3n) is 5.26. The lowest BCUT2D eigenvalue weighted by Crippen LogP contribution is -2.41. The molecular weight excluding hydrogens is 454 g/mol. The van der Waals surface area contributed by atoms with E-state index in [1.807, 2.05) is 0 Å². The van der Waals surface area contributed by atoms with E-state index >= 15 is 0 Å². The van der Waals surface area contributed by atoms with Crippen LogP contribution in [0.25, 0.3) is 6.08 Å². The second-order valence-corrected chi connectivity index (χ2v) is 7.62. The summed E-state index contributed by atoms with van der Waals surface area (Å²) in [5.41, 5.74) is -3.80. The van der Waals surface area contributed by atoms with Crippen molar-refractivity contribution >= 4 is 17.9 Å². The molecule has 1 aromatic heterocycles. The number of nitrogens with zero attached hydrogens (tertiary/aromatic N) is 1. The number of amides is 2. The molecule has 0 bridgehead atoms. The maximum absolute atomic E-state index is 13.0. The van der Waals surface area contributed by atoms with Gasteiger partial charge in [-0.1, -0.05) is 0 Å². The van der Waals surface area contributed by atoms with Crippen molar-refractivity contribution in [3.63, 3.8) is 0 Å². The average Bonchev–Trinajstić information content (AvgIpc) is 3.28. The van der Waals surface area contributed by atoms with Crippen molar-refractivity contribution in [2.45, 2.75) is 25.2 Å². The van der Waals surface area contributed by atoms with E-state index in [0.29, 0.717) is 43.8 Å². The number of alkyl halides is 6. The van der Waals surface area contributed by atoms with Crippen LogP contribution < -0.4 is 5.32 Å². The largest absolute Gasteiger partial charge is 0.465 e. The van der Waals surface area contributed by atoms with Gasteiger partial charge in [0.2, 0.25) is 5.91 Å². The fourth-order valence-corrected chi connectivity index (χ4v) is 3.43. The Bertz CT molecular complexity index is 972. The van der Waals surface area contributed by atoms with E-state index in [1.165, 1.54) is 12.3 Å². The third-order valence-corrected chi connectivity index (χ3v) is 5.26. The van der Waals surface area contributed by atoms with Gasteiger partial charge in [-0.2, -0.15) is 26.3 Å². The summed E-state index contributed by atoms with van der Waals surface area (Å²) in [6.07, 6.45) is -4.60. The fourth-order valence-electron chi connectivity index (χ4n) is 3.43. The lowest BCUT2D eigenvalue weighted by Gasteiger charge is -2.31. The van der Waals surface area contributed by atoms with Gasteiger partial charge < -0.3 is 14.6 Å². The number of furan rings is 1. The smallest absolute Gasteiger partial charge is 0.416 e. The first-order valence-corrected chi connectivity index (χ1v) is 10.0. The molecule has 0 atom stereocenters. The normalized spacial score (nSPS) is 15.8. The topological polar surface area (TPSA) is 62.6 Å². The summed E-state index contributed by atoms with van der Waals surface area (Å²) in [4.78, 5) is 26.1. The van der Waals surface area contributed by atoms with Gasteiger partial charge in [-0.3, -0.25) is 9.59 Å². The van der Waals surface area contributed by atoms with Gasteiger partial charge >= 0.3 is 12.4 Å². The Kier molecular flexibility index (Phi) is 7.19. The van der Waals surface area contributed by atoms with Gasteiger partial charge in [-0.15, -0.1) is 0 Å². The summed E-state index contributed by atoms with van der Waals surface area (Å²) < 4.78 is 82.9. The van der Waals surface area contributed by atoms with E-state index < -0.39 is 35.0 Å². The molecule has 1 N–H and O–H groups in total. The zero-order chi connectivity index (χ0) is 24.2. The standard InChI is InChI=1S/C22H20F6N2O3/c23-21(24,25)16-10-15(11-17(12-16)22(26,27)28)20(32)29-13-14-5-7-30(8-6-14)19(31)4-3-18-2-1-9-33-18/h1-4,9-12,14H,5-8,13H2,(H,29,32)/b4-3+. The molecule has 0 saturated carbocycles. The lowest BCUT2D eigenvalue weighted by molar-refractivity contribution is -0.143. The molecule has 0 aliphatic carbocycles. The minimum atomic E-state index is -5.03. The Hall–Kier alpha value is -3.24. The number of carbonyl (C=O) groups is 2. The zero-order valence-electron chi connectivity index (χ0n) is 17.2. The summed E-state index contributed by atoms with van der Waals surface area (Å²) in [6, 6.07) is 4.16. The number of nitrogens with one attached hydrogen (secondary N) is 1. The van der Waals surface area contributed by atoms with Crippen LogP contribution >= 0.6 is 0 Å². The minimum absolute atomic E-state index is 0.0240. The van der Waals surface area contributed by atoms with Crippen LogP contribution in [0.2, 0.25) is 0 Å². The molecule has 33 heavy (non-hydrogen) atoms. The zero-order valence-corrected chi connectivity index (χ0v) is 17.2. The molecule has 2 aromatic rings. The van der Waals surface area contributed by atoms with Crippen molar-refractivity contribution in [3.8, 4) is 0 Å². The molecule has 1 saturated heterocycles. The maximum Gasteiger partial charge on any atom is 0.416 e. The van der Waals surface area contributed by atoms with Crippen LogP contribution in [0.15, 0.2) is 47.1 Å². The van der Waals surface area contributed by atoms with Crippen molar-refractivity contribution in [2.75, 3.05) is 19.6 Å². The Morgan fingerprint density at radius 3 is 2.15 bits per heavy atom. The molecule has 1 aliphatic heterocycles. The quantitative estimate of drug-likeness (QED) is 0.490. The Balaban J connectivity index is 1.56. The Morgan fingerprint density at radius 2 is 1.64 bits per heavy atom. The van der Waals surface area contributed by atoms with Gasteiger partial charge in [0.15, 0.2) is 0 Å². The van der Waals surface area contributed by atoms with Crippen LogP contribution in [-0.2, 0) is 17.1 Å². The number of halogens is 6. The number of benzene rings is 1. The highest BCUT2D eigenvalue weighted by molar-refractivity contribution is 5.94.